The first-order valence-corrected chi connectivity index (χ1v) is 7.46. The summed E-state index contributed by atoms with van der Waals surface area (Å²) >= 11 is 11.0. The fraction of sp³-hybridized carbons (Fsp3) is 0.188. The molecule has 2 aromatic carbocycles. The Labute approximate surface area is 135 Å². The molecule has 0 aliphatic carbocycles. The number of anilines is 1. The number of benzene rings is 2. The van der Waals surface area contributed by atoms with Gasteiger partial charge in [-0.1, -0.05) is 42.0 Å². The van der Waals surface area contributed by atoms with Gasteiger partial charge in [-0.25, -0.2) is 0 Å². The highest BCUT2D eigenvalue weighted by Gasteiger charge is 2.05. The Kier molecular flexibility index (Phi) is 5.84. The number of para-hydroxylation sites is 1. The van der Waals surface area contributed by atoms with Crippen LogP contribution in [-0.2, 0) is 0 Å². The number of hydrogen-bond donors (Lipinski definition) is 2. The molecule has 0 aliphatic rings. The van der Waals surface area contributed by atoms with Crippen LogP contribution in [0, 0.1) is 0 Å². The molecule has 0 spiro atoms. The average molecular weight is 321 g/mol. The van der Waals surface area contributed by atoms with Gasteiger partial charge in [0.05, 0.1) is 6.61 Å². The molecule has 0 amide bonds. The van der Waals surface area contributed by atoms with Gasteiger partial charge in [0.2, 0.25) is 0 Å². The summed E-state index contributed by atoms with van der Waals surface area (Å²) in [6, 6.07) is 15.2. The summed E-state index contributed by atoms with van der Waals surface area (Å²) < 4.78 is 5.63. The normalized spacial score (nSPS) is 10.1. The van der Waals surface area contributed by atoms with Crippen LogP contribution in [0.3, 0.4) is 0 Å². The highest BCUT2D eigenvalue weighted by molar-refractivity contribution is 7.80. The van der Waals surface area contributed by atoms with E-state index in [0.29, 0.717) is 16.6 Å². The smallest absolute Gasteiger partial charge is 0.119 e. The van der Waals surface area contributed by atoms with E-state index in [0.717, 1.165) is 30.0 Å². The summed E-state index contributed by atoms with van der Waals surface area (Å²) in [7, 11) is 0. The van der Waals surface area contributed by atoms with E-state index < -0.39 is 0 Å². The minimum atomic E-state index is 0.356. The Hall–Kier alpha value is -1.78. The Morgan fingerprint density at radius 2 is 1.95 bits per heavy atom. The SMILES string of the molecule is NC(=S)c1ccc(Cl)cc1NCCCOc1ccccc1. The Bertz CT molecular complexity index is 604. The number of halogens is 1. The molecule has 0 heterocycles. The molecule has 3 nitrogen and oxygen atoms in total. The van der Waals surface area contributed by atoms with Crippen molar-refractivity contribution in [3.05, 3.63) is 59.1 Å². The number of nitrogens with two attached hydrogens (primary N) is 1. The highest BCUT2D eigenvalue weighted by atomic mass is 35.5. The number of hydrogen-bond acceptors (Lipinski definition) is 3. The lowest BCUT2D eigenvalue weighted by Gasteiger charge is -2.12. The third-order valence-electron chi connectivity index (χ3n) is 2.90. The van der Waals surface area contributed by atoms with Gasteiger partial charge in [0, 0.05) is 22.8 Å². The first-order chi connectivity index (χ1) is 10.2. The zero-order valence-electron chi connectivity index (χ0n) is 11.5. The van der Waals surface area contributed by atoms with Gasteiger partial charge in [-0.15, -0.1) is 0 Å². The first kappa shape index (κ1) is 15.6. The average Bonchev–Trinajstić information content (AvgIpc) is 2.48. The standard InChI is InChI=1S/C16H17ClN2OS/c17-12-7-8-14(16(18)21)15(11-12)19-9-4-10-20-13-5-2-1-3-6-13/h1-3,5-8,11,19H,4,9-10H2,(H2,18,21). The van der Waals surface area contributed by atoms with E-state index in [4.69, 9.17) is 34.3 Å². The lowest BCUT2D eigenvalue weighted by Crippen LogP contribution is -2.14. The van der Waals surface area contributed by atoms with Crippen LogP contribution < -0.4 is 15.8 Å². The lowest BCUT2D eigenvalue weighted by atomic mass is 10.1. The molecule has 0 aliphatic heterocycles. The highest BCUT2D eigenvalue weighted by Crippen LogP contribution is 2.21. The Balaban J connectivity index is 1.81. The van der Waals surface area contributed by atoms with Gasteiger partial charge in [0.1, 0.15) is 10.7 Å². The zero-order chi connectivity index (χ0) is 15.1. The van der Waals surface area contributed by atoms with E-state index in [1.807, 2.05) is 42.5 Å². The van der Waals surface area contributed by atoms with E-state index in [-0.39, 0.29) is 0 Å². The van der Waals surface area contributed by atoms with Crippen LogP contribution in [0.4, 0.5) is 5.69 Å². The van der Waals surface area contributed by atoms with Crippen molar-refractivity contribution in [2.45, 2.75) is 6.42 Å². The van der Waals surface area contributed by atoms with Crippen molar-refractivity contribution in [2.75, 3.05) is 18.5 Å². The maximum atomic E-state index is 5.99. The molecule has 2 aromatic rings. The van der Waals surface area contributed by atoms with Gasteiger partial charge in [0.15, 0.2) is 0 Å². The maximum Gasteiger partial charge on any atom is 0.119 e. The molecule has 110 valence electrons. The largest absolute Gasteiger partial charge is 0.494 e. The van der Waals surface area contributed by atoms with Crippen molar-refractivity contribution in [1.82, 2.24) is 0 Å². The molecule has 0 aromatic heterocycles. The molecule has 21 heavy (non-hydrogen) atoms. The molecule has 0 fully saturated rings. The fourth-order valence-electron chi connectivity index (χ4n) is 1.88. The van der Waals surface area contributed by atoms with Gasteiger partial charge in [-0.2, -0.15) is 0 Å². The third kappa shape index (κ3) is 4.92. The van der Waals surface area contributed by atoms with E-state index in [9.17, 15) is 0 Å². The Morgan fingerprint density at radius 1 is 1.19 bits per heavy atom. The predicted molar refractivity (Wildman–Crippen MR) is 92.4 cm³/mol. The molecule has 3 N–H and O–H groups in total. The van der Waals surface area contributed by atoms with E-state index >= 15 is 0 Å². The first-order valence-electron chi connectivity index (χ1n) is 6.68. The zero-order valence-corrected chi connectivity index (χ0v) is 13.1. The summed E-state index contributed by atoms with van der Waals surface area (Å²) in [5, 5.41) is 3.94. The van der Waals surface area contributed by atoms with Crippen molar-refractivity contribution in [2.24, 2.45) is 5.73 Å². The lowest BCUT2D eigenvalue weighted by molar-refractivity contribution is 0.315. The quantitative estimate of drug-likeness (QED) is 0.601. The van der Waals surface area contributed by atoms with Crippen molar-refractivity contribution < 1.29 is 4.74 Å². The van der Waals surface area contributed by atoms with Crippen molar-refractivity contribution in [3.63, 3.8) is 0 Å². The Morgan fingerprint density at radius 3 is 2.67 bits per heavy atom. The summed E-state index contributed by atoms with van der Waals surface area (Å²) in [6.07, 6.45) is 0.859. The number of rotatable bonds is 7. The summed E-state index contributed by atoms with van der Waals surface area (Å²) in [6.45, 7) is 1.39. The molecular formula is C16H17ClN2OS. The van der Waals surface area contributed by atoms with Gasteiger partial charge in [0.25, 0.3) is 0 Å². The molecule has 5 heteroatoms. The van der Waals surface area contributed by atoms with Gasteiger partial charge in [-0.3, -0.25) is 0 Å². The topological polar surface area (TPSA) is 47.3 Å². The number of thiocarbonyl (C=S) groups is 1. The number of ether oxygens (including phenoxy) is 1. The van der Waals surface area contributed by atoms with Crippen LogP contribution >= 0.6 is 23.8 Å². The van der Waals surface area contributed by atoms with E-state index in [1.165, 1.54) is 0 Å². The van der Waals surface area contributed by atoms with Crippen LogP contribution in [0.5, 0.6) is 5.75 Å². The van der Waals surface area contributed by atoms with Crippen LogP contribution in [0.2, 0.25) is 5.02 Å². The maximum absolute atomic E-state index is 5.99. The molecule has 0 saturated carbocycles. The molecular weight excluding hydrogens is 304 g/mol. The second-order valence-electron chi connectivity index (χ2n) is 4.50. The molecule has 0 atom stereocenters. The molecule has 0 unspecified atom stereocenters. The van der Waals surface area contributed by atoms with Crippen LogP contribution in [-0.4, -0.2) is 18.1 Å². The molecule has 0 bridgehead atoms. The summed E-state index contributed by atoms with van der Waals surface area (Å²) in [5.41, 5.74) is 7.35. The van der Waals surface area contributed by atoms with Gasteiger partial charge in [-0.05, 0) is 36.8 Å². The molecule has 0 saturated heterocycles. The summed E-state index contributed by atoms with van der Waals surface area (Å²) in [5.74, 6) is 0.879. The van der Waals surface area contributed by atoms with E-state index in [2.05, 4.69) is 5.32 Å². The molecule has 2 rings (SSSR count). The summed E-state index contributed by atoms with van der Waals surface area (Å²) in [4.78, 5) is 0.356. The predicted octanol–water partition coefficient (Wildman–Crippen LogP) is 3.86. The van der Waals surface area contributed by atoms with Crippen molar-refractivity contribution in [1.29, 1.82) is 0 Å². The van der Waals surface area contributed by atoms with Crippen molar-refractivity contribution in [3.8, 4) is 5.75 Å². The fourth-order valence-corrected chi connectivity index (χ4v) is 2.23. The molecule has 0 radical (unpaired) electrons. The van der Waals surface area contributed by atoms with E-state index in [1.54, 1.807) is 6.07 Å². The minimum Gasteiger partial charge on any atom is -0.494 e. The second-order valence-corrected chi connectivity index (χ2v) is 5.37. The van der Waals surface area contributed by atoms with Crippen molar-refractivity contribution >= 4 is 34.5 Å². The number of nitrogens with one attached hydrogen (secondary N) is 1. The monoisotopic (exact) mass is 320 g/mol. The second kappa shape index (κ2) is 7.86. The minimum absolute atomic E-state index is 0.356. The van der Waals surface area contributed by atoms with Crippen LogP contribution in [0.25, 0.3) is 0 Å². The van der Waals surface area contributed by atoms with Gasteiger partial charge < -0.3 is 15.8 Å². The third-order valence-corrected chi connectivity index (χ3v) is 3.35. The van der Waals surface area contributed by atoms with Crippen LogP contribution in [0.15, 0.2) is 48.5 Å². The van der Waals surface area contributed by atoms with Crippen LogP contribution in [0.1, 0.15) is 12.0 Å². The van der Waals surface area contributed by atoms with Gasteiger partial charge >= 0.3 is 0 Å².